The molecule has 154 valence electrons. The van der Waals surface area contributed by atoms with E-state index in [1.807, 2.05) is 60.7 Å². The molecule has 1 aromatic carbocycles. The highest BCUT2D eigenvalue weighted by Crippen LogP contribution is 2.26. The first-order valence-electron chi connectivity index (χ1n) is 9.87. The second-order valence-electron chi connectivity index (χ2n) is 7.49. The number of hydrazine groups is 1. The van der Waals surface area contributed by atoms with Gasteiger partial charge in [-0.25, -0.2) is 5.48 Å². The van der Waals surface area contributed by atoms with Gasteiger partial charge in [0.15, 0.2) is 0 Å². The lowest BCUT2D eigenvalue weighted by molar-refractivity contribution is -0.141. The van der Waals surface area contributed by atoms with Crippen molar-refractivity contribution in [2.45, 2.75) is 39.5 Å². The number of hydrogen-bond acceptors (Lipinski definition) is 5. The molecule has 0 aromatic heterocycles. The summed E-state index contributed by atoms with van der Waals surface area (Å²) in [4.78, 5) is 25.4. The van der Waals surface area contributed by atoms with Crippen molar-refractivity contribution < 1.29 is 14.8 Å². The Balaban J connectivity index is 2.12. The predicted molar refractivity (Wildman–Crippen MR) is 113 cm³/mol. The Morgan fingerprint density at radius 3 is 2.54 bits per heavy atom. The van der Waals surface area contributed by atoms with Crippen LogP contribution < -0.4 is 10.9 Å². The number of hydrogen-bond donors (Lipinski definition) is 3. The second kappa shape index (κ2) is 11.9. The molecular weight excluding hydrogens is 374 g/mol. The molecule has 1 heterocycles. The summed E-state index contributed by atoms with van der Waals surface area (Å²) in [5.74, 6) is -0.612. The zero-order valence-electron chi connectivity index (χ0n) is 16.6. The molecule has 1 aliphatic rings. The number of carbonyl (C=O) groups is 2. The minimum atomic E-state index is -0.637. The number of carbonyl (C=O) groups excluding carboxylic acids is 2. The van der Waals surface area contributed by atoms with Crippen molar-refractivity contribution in [1.29, 1.82) is 0 Å². The number of nitrogens with one attached hydrogen (secondary N) is 2. The van der Waals surface area contributed by atoms with Gasteiger partial charge in [-0.15, -0.1) is 0 Å². The standard InChI is InChI=1S/C21H31N3O3S/c1-16(2)15-19(20(25)22-24-13-6-7-14-28-24)18(21(26)23-27)12-8-11-17-9-4-3-5-10-17/h3-5,8-11,16,18-19,27H,6-7,12-15H2,1-2H3,(H,22,25)(H,23,26)/b11-8+/t18-,19+/m0/s1. The van der Waals surface area contributed by atoms with E-state index >= 15 is 0 Å². The molecule has 1 saturated heterocycles. The minimum absolute atomic E-state index is 0.162. The first kappa shape index (κ1) is 22.5. The Morgan fingerprint density at radius 1 is 1.18 bits per heavy atom. The Hall–Kier alpha value is -1.83. The fourth-order valence-corrected chi connectivity index (χ4v) is 4.27. The molecule has 3 N–H and O–H groups in total. The van der Waals surface area contributed by atoms with Gasteiger partial charge in [-0.2, -0.15) is 4.41 Å². The van der Waals surface area contributed by atoms with Crippen LogP contribution >= 0.6 is 11.9 Å². The molecule has 2 amide bonds. The molecular formula is C21H31N3O3S. The quantitative estimate of drug-likeness (QED) is 0.332. The highest BCUT2D eigenvalue weighted by Gasteiger charge is 2.34. The minimum Gasteiger partial charge on any atom is -0.289 e. The Bertz CT molecular complexity index is 646. The molecule has 7 heteroatoms. The summed E-state index contributed by atoms with van der Waals surface area (Å²) in [7, 11) is 0. The average molecular weight is 406 g/mol. The third kappa shape index (κ3) is 7.30. The van der Waals surface area contributed by atoms with E-state index in [0.29, 0.717) is 12.8 Å². The van der Waals surface area contributed by atoms with Gasteiger partial charge in [0, 0.05) is 12.3 Å². The molecule has 28 heavy (non-hydrogen) atoms. The summed E-state index contributed by atoms with van der Waals surface area (Å²) in [6.45, 7) is 4.86. The summed E-state index contributed by atoms with van der Waals surface area (Å²) in [5, 5.41) is 9.24. The van der Waals surface area contributed by atoms with Crippen molar-refractivity contribution in [3.63, 3.8) is 0 Å². The van der Waals surface area contributed by atoms with Crippen LogP contribution in [0.5, 0.6) is 0 Å². The van der Waals surface area contributed by atoms with E-state index in [1.165, 1.54) is 0 Å². The maximum Gasteiger partial charge on any atom is 0.247 e. The highest BCUT2D eigenvalue weighted by atomic mass is 32.2. The number of rotatable bonds is 9. The molecule has 1 aliphatic heterocycles. The van der Waals surface area contributed by atoms with Crippen LogP contribution in [0.25, 0.3) is 6.08 Å². The summed E-state index contributed by atoms with van der Waals surface area (Å²) in [6, 6.07) is 9.79. The highest BCUT2D eigenvalue weighted by molar-refractivity contribution is 7.97. The van der Waals surface area contributed by atoms with Crippen LogP contribution in [0.3, 0.4) is 0 Å². The number of allylic oxidation sites excluding steroid dienone is 1. The number of hydroxylamine groups is 1. The first-order valence-corrected chi connectivity index (χ1v) is 10.8. The van der Waals surface area contributed by atoms with E-state index in [2.05, 4.69) is 5.43 Å². The molecule has 2 atom stereocenters. The molecule has 0 bridgehead atoms. The lowest BCUT2D eigenvalue weighted by Crippen LogP contribution is -2.47. The fraction of sp³-hybridized carbons (Fsp3) is 0.524. The van der Waals surface area contributed by atoms with Gasteiger partial charge in [0.25, 0.3) is 0 Å². The molecule has 0 unspecified atom stereocenters. The van der Waals surface area contributed by atoms with E-state index in [9.17, 15) is 14.8 Å². The number of benzene rings is 1. The van der Waals surface area contributed by atoms with E-state index in [4.69, 9.17) is 0 Å². The van der Waals surface area contributed by atoms with Crippen LogP contribution in [0, 0.1) is 17.8 Å². The molecule has 0 radical (unpaired) electrons. The SMILES string of the molecule is CC(C)C[C@@H](C(=O)NN1CCCCS1)[C@H](C/C=C/c1ccccc1)C(=O)NO. The van der Waals surface area contributed by atoms with Crippen LogP contribution in [-0.4, -0.2) is 33.7 Å². The van der Waals surface area contributed by atoms with Crippen molar-refractivity contribution in [2.75, 3.05) is 12.3 Å². The zero-order valence-corrected chi connectivity index (χ0v) is 17.5. The van der Waals surface area contributed by atoms with E-state index in [1.54, 1.807) is 17.4 Å². The first-order chi connectivity index (χ1) is 13.5. The molecule has 2 rings (SSSR count). The summed E-state index contributed by atoms with van der Waals surface area (Å²) in [6.07, 6.45) is 6.96. The van der Waals surface area contributed by atoms with Crippen LogP contribution in [0.1, 0.15) is 45.1 Å². The fourth-order valence-electron chi connectivity index (χ4n) is 3.30. The van der Waals surface area contributed by atoms with Crippen LogP contribution in [0.15, 0.2) is 36.4 Å². The molecule has 0 aliphatic carbocycles. The number of nitrogens with zero attached hydrogens (tertiary/aromatic N) is 1. The van der Waals surface area contributed by atoms with Gasteiger partial charge in [0.2, 0.25) is 11.8 Å². The van der Waals surface area contributed by atoms with Crippen molar-refractivity contribution in [3.8, 4) is 0 Å². The van der Waals surface area contributed by atoms with Gasteiger partial charge in [0.1, 0.15) is 0 Å². The summed E-state index contributed by atoms with van der Waals surface area (Å²) < 4.78 is 1.87. The number of amides is 2. The molecule has 1 fully saturated rings. The van der Waals surface area contributed by atoms with E-state index in [-0.39, 0.29) is 11.8 Å². The van der Waals surface area contributed by atoms with Gasteiger partial charge in [-0.05, 0) is 37.2 Å². The van der Waals surface area contributed by atoms with Crippen molar-refractivity contribution in [2.24, 2.45) is 17.8 Å². The average Bonchev–Trinajstić information content (AvgIpc) is 2.70. The Morgan fingerprint density at radius 2 is 1.93 bits per heavy atom. The summed E-state index contributed by atoms with van der Waals surface area (Å²) in [5.41, 5.74) is 5.75. The molecule has 6 nitrogen and oxygen atoms in total. The van der Waals surface area contributed by atoms with Gasteiger partial charge in [-0.3, -0.25) is 20.2 Å². The summed E-state index contributed by atoms with van der Waals surface area (Å²) >= 11 is 1.61. The smallest absolute Gasteiger partial charge is 0.247 e. The normalized spacial score (nSPS) is 17.4. The van der Waals surface area contributed by atoms with E-state index < -0.39 is 17.7 Å². The zero-order chi connectivity index (χ0) is 20.4. The van der Waals surface area contributed by atoms with Gasteiger partial charge >= 0.3 is 0 Å². The maximum absolute atomic E-state index is 13.0. The van der Waals surface area contributed by atoms with Gasteiger partial charge in [-0.1, -0.05) is 68.3 Å². The van der Waals surface area contributed by atoms with Gasteiger partial charge in [0.05, 0.1) is 11.8 Å². The monoisotopic (exact) mass is 405 g/mol. The van der Waals surface area contributed by atoms with Crippen LogP contribution in [0.4, 0.5) is 0 Å². The largest absolute Gasteiger partial charge is 0.289 e. The lowest BCUT2D eigenvalue weighted by atomic mass is 9.82. The topological polar surface area (TPSA) is 81.7 Å². The Labute approximate surface area is 171 Å². The third-order valence-corrected chi connectivity index (χ3v) is 5.79. The van der Waals surface area contributed by atoms with Crippen molar-refractivity contribution in [1.82, 2.24) is 15.3 Å². The van der Waals surface area contributed by atoms with Crippen LogP contribution in [-0.2, 0) is 9.59 Å². The van der Waals surface area contributed by atoms with Gasteiger partial charge < -0.3 is 0 Å². The van der Waals surface area contributed by atoms with Crippen molar-refractivity contribution >= 4 is 29.8 Å². The molecule has 0 spiro atoms. The molecule has 0 saturated carbocycles. The second-order valence-corrected chi connectivity index (χ2v) is 8.59. The maximum atomic E-state index is 13.0. The van der Waals surface area contributed by atoms with Crippen LogP contribution in [0.2, 0.25) is 0 Å². The lowest BCUT2D eigenvalue weighted by Gasteiger charge is -2.30. The van der Waals surface area contributed by atoms with Crippen molar-refractivity contribution in [3.05, 3.63) is 42.0 Å². The predicted octanol–water partition coefficient (Wildman–Crippen LogP) is 3.65. The van der Waals surface area contributed by atoms with E-state index in [0.717, 1.165) is 30.7 Å². The molecule has 1 aromatic rings. The Kier molecular flexibility index (Phi) is 9.54. The third-order valence-electron chi connectivity index (χ3n) is 4.73.